The SMILES string of the molecule is Cc1[nH]nc(NS(=O)(=O)N(C)C(C)C)c1N. The zero-order valence-corrected chi connectivity index (χ0v) is 10.6. The number of nitrogens with zero attached hydrogens (tertiary/aromatic N) is 2. The third-order valence-electron chi connectivity index (χ3n) is 2.33. The van der Waals surface area contributed by atoms with Crippen molar-refractivity contribution in [2.75, 3.05) is 17.5 Å². The van der Waals surface area contributed by atoms with Gasteiger partial charge in [0, 0.05) is 13.1 Å². The fraction of sp³-hybridized carbons (Fsp3) is 0.625. The number of rotatable bonds is 4. The van der Waals surface area contributed by atoms with E-state index in [4.69, 9.17) is 5.73 Å². The van der Waals surface area contributed by atoms with Crippen LogP contribution in [0.15, 0.2) is 0 Å². The molecule has 0 spiro atoms. The molecule has 0 amide bonds. The van der Waals surface area contributed by atoms with Gasteiger partial charge in [-0.05, 0) is 20.8 Å². The molecule has 0 bridgehead atoms. The molecule has 4 N–H and O–H groups in total. The van der Waals surface area contributed by atoms with Crippen molar-refractivity contribution < 1.29 is 8.42 Å². The van der Waals surface area contributed by atoms with Crippen LogP contribution >= 0.6 is 0 Å². The summed E-state index contributed by atoms with van der Waals surface area (Å²) < 4.78 is 27.1. The number of anilines is 2. The van der Waals surface area contributed by atoms with E-state index >= 15 is 0 Å². The largest absolute Gasteiger partial charge is 0.394 e. The number of hydrogen-bond donors (Lipinski definition) is 3. The van der Waals surface area contributed by atoms with Crippen molar-refractivity contribution in [3.05, 3.63) is 5.69 Å². The minimum atomic E-state index is -3.60. The molecule has 16 heavy (non-hydrogen) atoms. The second-order valence-corrected chi connectivity index (χ2v) is 5.56. The lowest BCUT2D eigenvalue weighted by atomic mass is 10.4. The normalized spacial score (nSPS) is 12.4. The lowest BCUT2D eigenvalue weighted by Crippen LogP contribution is -2.37. The van der Waals surface area contributed by atoms with Gasteiger partial charge in [0.1, 0.15) is 0 Å². The van der Waals surface area contributed by atoms with E-state index in [0.717, 1.165) is 0 Å². The lowest BCUT2D eigenvalue weighted by molar-refractivity contribution is 0.414. The van der Waals surface area contributed by atoms with Crippen LogP contribution in [0.3, 0.4) is 0 Å². The number of H-pyrrole nitrogens is 1. The molecule has 1 aromatic rings. The Labute approximate surface area is 95.2 Å². The van der Waals surface area contributed by atoms with Gasteiger partial charge in [-0.1, -0.05) is 0 Å². The fourth-order valence-electron chi connectivity index (χ4n) is 0.987. The van der Waals surface area contributed by atoms with Gasteiger partial charge in [0.25, 0.3) is 0 Å². The highest BCUT2D eigenvalue weighted by Crippen LogP contribution is 2.20. The standard InChI is InChI=1S/C8H17N5O2S/c1-5(2)13(4)16(14,15)12-8-7(9)6(3)10-11-8/h5H,9H2,1-4H3,(H2,10,11,12). The van der Waals surface area contributed by atoms with Crippen LogP contribution in [0.25, 0.3) is 0 Å². The van der Waals surface area contributed by atoms with Gasteiger partial charge in [-0.2, -0.15) is 17.8 Å². The number of nitrogens with one attached hydrogen (secondary N) is 2. The Morgan fingerprint density at radius 3 is 2.44 bits per heavy atom. The first-order valence-corrected chi connectivity index (χ1v) is 6.26. The Bertz CT molecular complexity index is 465. The molecule has 0 aliphatic heterocycles. The van der Waals surface area contributed by atoms with Crippen LogP contribution in [0, 0.1) is 6.92 Å². The molecular formula is C8H17N5O2S. The van der Waals surface area contributed by atoms with Crippen LogP contribution in [0.1, 0.15) is 19.5 Å². The van der Waals surface area contributed by atoms with Crippen LogP contribution in [0.2, 0.25) is 0 Å². The van der Waals surface area contributed by atoms with Gasteiger partial charge >= 0.3 is 10.2 Å². The van der Waals surface area contributed by atoms with Gasteiger partial charge in [-0.3, -0.25) is 9.82 Å². The molecule has 0 radical (unpaired) electrons. The average molecular weight is 247 g/mol. The van der Waals surface area contributed by atoms with Crippen LogP contribution in [0.5, 0.6) is 0 Å². The monoisotopic (exact) mass is 247 g/mol. The molecule has 0 unspecified atom stereocenters. The molecule has 0 saturated heterocycles. The summed E-state index contributed by atoms with van der Waals surface area (Å²) in [5.41, 5.74) is 6.58. The summed E-state index contributed by atoms with van der Waals surface area (Å²) in [7, 11) is -2.11. The van der Waals surface area contributed by atoms with Crippen molar-refractivity contribution in [3.63, 3.8) is 0 Å². The van der Waals surface area contributed by atoms with E-state index in [-0.39, 0.29) is 11.9 Å². The maximum Gasteiger partial charge on any atom is 0.302 e. The van der Waals surface area contributed by atoms with Crippen molar-refractivity contribution in [1.82, 2.24) is 14.5 Å². The highest BCUT2D eigenvalue weighted by Gasteiger charge is 2.22. The molecule has 1 aromatic heterocycles. The lowest BCUT2D eigenvalue weighted by Gasteiger charge is -2.20. The number of nitrogen functional groups attached to an aromatic ring is 1. The minimum absolute atomic E-state index is 0.130. The van der Waals surface area contributed by atoms with Gasteiger partial charge in [-0.25, -0.2) is 0 Å². The van der Waals surface area contributed by atoms with Gasteiger partial charge in [0.05, 0.1) is 11.4 Å². The van der Waals surface area contributed by atoms with E-state index in [9.17, 15) is 8.42 Å². The molecule has 7 nitrogen and oxygen atoms in total. The van der Waals surface area contributed by atoms with Crippen molar-refractivity contribution in [2.45, 2.75) is 26.8 Å². The Hall–Kier alpha value is -1.28. The summed E-state index contributed by atoms with van der Waals surface area (Å²) in [6.45, 7) is 5.27. The molecule has 92 valence electrons. The summed E-state index contributed by atoms with van der Waals surface area (Å²) in [5.74, 6) is 0.130. The topological polar surface area (TPSA) is 104 Å². The first-order valence-electron chi connectivity index (χ1n) is 4.82. The van der Waals surface area contributed by atoms with Crippen LogP contribution in [-0.4, -0.2) is 36.0 Å². The van der Waals surface area contributed by atoms with Gasteiger partial charge in [0.15, 0.2) is 5.82 Å². The van der Waals surface area contributed by atoms with E-state index in [1.807, 2.05) is 0 Å². The zero-order chi connectivity index (χ0) is 12.5. The van der Waals surface area contributed by atoms with E-state index in [1.54, 1.807) is 20.8 Å². The van der Waals surface area contributed by atoms with Gasteiger partial charge in [0.2, 0.25) is 0 Å². The molecular weight excluding hydrogens is 230 g/mol. The van der Waals surface area contributed by atoms with Crippen molar-refractivity contribution in [2.24, 2.45) is 0 Å². The second-order valence-electron chi connectivity index (χ2n) is 3.83. The number of aromatic amines is 1. The minimum Gasteiger partial charge on any atom is -0.394 e. The van der Waals surface area contributed by atoms with Crippen molar-refractivity contribution in [3.8, 4) is 0 Å². The van der Waals surface area contributed by atoms with E-state index in [2.05, 4.69) is 14.9 Å². The van der Waals surface area contributed by atoms with Gasteiger partial charge < -0.3 is 5.73 Å². The predicted molar refractivity (Wildman–Crippen MR) is 63.2 cm³/mol. The first kappa shape index (κ1) is 12.8. The molecule has 1 heterocycles. The maximum absolute atomic E-state index is 11.8. The molecule has 0 aromatic carbocycles. The Kier molecular flexibility index (Phi) is 3.44. The molecule has 1 rings (SSSR count). The number of hydrogen-bond acceptors (Lipinski definition) is 4. The smallest absolute Gasteiger partial charge is 0.302 e. The Morgan fingerprint density at radius 2 is 2.06 bits per heavy atom. The fourth-order valence-corrected chi connectivity index (χ4v) is 2.09. The highest BCUT2D eigenvalue weighted by atomic mass is 32.2. The third kappa shape index (κ3) is 2.45. The molecule has 0 aliphatic carbocycles. The quantitative estimate of drug-likeness (QED) is 0.711. The van der Waals surface area contributed by atoms with Gasteiger partial charge in [-0.15, -0.1) is 0 Å². The third-order valence-corrected chi connectivity index (χ3v) is 3.96. The highest BCUT2D eigenvalue weighted by molar-refractivity contribution is 7.90. The summed E-state index contributed by atoms with van der Waals surface area (Å²) in [4.78, 5) is 0. The molecule has 0 saturated carbocycles. The summed E-state index contributed by atoms with van der Waals surface area (Å²) in [6, 6.07) is -0.140. The van der Waals surface area contributed by atoms with Crippen LogP contribution < -0.4 is 10.5 Å². The van der Waals surface area contributed by atoms with Crippen molar-refractivity contribution in [1.29, 1.82) is 0 Å². The van der Waals surface area contributed by atoms with Crippen LogP contribution in [-0.2, 0) is 10.2 Å². The summed E-state index contributed by atoms with van der Waals surface area (Å²) in [6.07, 6.45) is 0. The second kappa shape index (κ2) is 4.30. The summed E-state index contributed by atoms with van der Waals surface area (Å²) in [5, 5.41) is 6.38. The Balaban J connectivity index is 2.94. The van der Waals surface area contributed by atoms with E-state index in [1.165, 1.54) is 11.4 Å². The van der Waals surface area contributed by atoms with E-state index < -0.39 is 10.2 Å². The Morgan fingerprint density at radius 1 is 1.50 bits per heavy atom. The first-order chi connectivity index (χ1) is 7.25. The number of nitrogens with two attached hydrogens (primary N) is 1. The zero-order valence-electron chi connectivity index (χ0n) is 9.77. The van der Waals surface area contributed by atoms with E-state index in [0.29, 0.717) is 11.4 Å². The molecule has 0 aliphatic rings. The predicted octanol–water partition coefficient (Wildman–Crippen LogP) is 0.297. The average Bonchev–Trinajstić information content (AvgIpc) is 2.48. The molecule has 0 atom stereocenters. The molecule has 0 fully saturated rings. The number of aromatic nitrogens is 2. The maximum atomic E-state index is 11.8. The van der Waals surface area contributed by atoms with Crippen molar-refractivity contribution >= 4 is 21.7 Å². The van der Waals surface area contributed by atoms with Crippen LogP contribution in [0.4, 0.5) is 11.5 Å². The molecule has 8 heteroatoms. The number of aryl methyl sites for hydroxylation is 1. The summed E-state index contributed by atoms with van der Waals surface area (Å²) >= 11 is 0.